The normalized spacial score (nSPS) is 35.0. The maximum atomic E-state index is 2.51. The van der Waals surface area contributed by atoms with Gasteiger partial charge in [-0.3, -0.25) is 0 Å². The van der Waals surface area contributed by atoms with Crippen molar-refractivity contribution >= 4 is 6.21 Å². The zero-order valence-corrected chi connectivity index (χ0v) is 5.14. The van der Waals surface area contributed by atoms with E-state index in [9.17, 15) is 0 Å². The van der Waals surface area contributed by atoms with Gasteiger partial charge in [0.1, 0.15) is 12.8 Å². The van der Waals surface area contributed by atoms with Crippen molar-refractivity contribution < 1.29 is 4.58 Å². The molecule has 2 rings (SSSR count). The van der Waals surface area contributed by atoms with E-state index in [-0.39, 0.29) is 0 Å². The Morgan fingerprint density at radius 1 is 1.38 bits per heavy atom. The molecule has 44 valence electrons. The van der Waals surface area contributed by atoms with E-state index >= 15 is 0 Å². The van der Waals surface area contributed by atoms with Gasteiger partial charge in [-0.15, -0.1) is 0 Å². The van der Waals surface area contributed by atoms with Gasteiger partial charge in [0.15, 0.2) is 6.04 Å². The van der Waals surface area contributed by atoms with E-state index in [4.69, 9.17) is 0 Å². The predicted molar refractivity (Wildman–Crippen MR) is 33.4 cm³/mol. The highest BCUT2D eigenvalue weighted by Gasteiger charge is 2.30. The van der Waals surface area contributed by atoms with E-state index in [0.29, 0.717) is 0 Å². The number of rotatable bonds is 0. The van der Waals surface area contributed by atoms with E-state index in [1.807, 2.05) is 0 Å². The number of fused-ring (bicyclic) bond motifs is 1. The molecule has 0 aromatic heterocycles. The van der Waals surface area contributed by atoms with Crippen molar-refractivity contribution in [1.82, 2.24) is 0 Å². The molecule has 1 heteroatoms. The summed E-state index contributed by atoms with van der Waals surface area (Å²) >= 11 is 0. The Bertz CT molecular complexity index is 126. The third-order valence-electron chi connectivity index (χ3n) is 2.29. The van der Waals surface area contributed by atoms with Crippen molar-refractivity contribution in [2.45, 2.75) is 31.7 Å². The quantitative estimate of drug-likeness (QED) is 0.410. The lowest BCUT2D eigenvalue weighted by Gasteiger charge is -1.93. The molecule has 2 aliphatic heterocycles. The van der Waals surface area contributed by atoms with Gasteiger partial charge in [-0.1, -0.05) is 0 Å². The van der Waals surface area contributed by atoms with Crippen molar-refractivity contribution in [3.63, 3.8) is 0 Å². The molecule has 1 nitrogen and oxygen atoms in total. The van der Waals surface area contributed by atoms with Gasteiger partial charge in [0, 0.05) is 25.7 Å². The van der Waals surface area contributed by atoms with Crippen LogP contribution in [-0.2, 0) is 0 Å². The SMILES string of the molecule is C1=[N+]2CCCC2CC1. The molecule has 1 unspecified atom stereocenters. The molecule has 0 amide bonds. The Morgan fingerprint density at radius 2 is 2.38 bits per heavy atom. The minimum absolute atomic E-state index is 0.954. The Labute approximate surface area is 50.0 Å². The van der Waals surface area contributed by atoms with Gasteiger partial charge < -0.3 is 0 Å². The average molecular weight is 110 g/mol. The van der Waals surface area contributed by atoms with Crippen LogP contribution in [0.5, 0.6) is 0 Å². The lowest BCUT2D eigenvalue weighted by atomic mass is 10.1. The van der Waals surface area contributed by atoms with E-state index in [1.165, 1.54) is 32.2 Å². The molecular weight excluding hydrogens is 98.1 g/mol. The molecule has 0 aromatic rings. The smallest absolute Gasteiger partial charge is 0.153 e. The summed E-state index contributed by atoms with van der Waals surface area (Å²) in [6, 6.07) is 0.954. The van der Waals surface area contributed by atoms with Crippen LogP contribution in [0.15, 0.2) is 0 Å². The van der Waals surface area contributed by atoms with Gasteiger partial charge in [-0.05, 0) is 0 Å². The highest BCUT2D eigenvalue weighted by atomic mass is 15.1. The minimum atomic E-state index is 0.954. The van der Waals surface area contributed by atoms with Crippen LogP contribution in [0.1, 0.15) is 25.7 Å². The first-order chi connectivity index (χ1) is 3.97. The molecular formula is C7H12N+. The Morgan fingerprint density at radius 3 is 3.25 bits per heavy atom. The van der Waals surface area contributed by atoms with Crippen LogP contribution in [0.2, 0.25) is 0 Å². The zero-order chi connectivity index (χ0) is 5.40. The predicted octanol–water partition coefficient (Wildman–Crippen LogP) is 1.03. The van der Waals surface area contributed by atoms with E-state index < -0.39 is 0 Å². The number of nitrogens with zero attached hydrogens (tertiary/aromatic N) is 1. The largest absolute Gasteiger partial charge is 0.237 e. The highest BCUT2D eigenvalue weighted by molar-refractivity contribution is 5.53. The van der Waals surface area contributed by atoms with Crippen molar-refractivity contribution in [2.24, 2.45) is 0 Å². The maximum Gasteiger partial charge on any atom is 0.153 e. The monoisotopic (exact) mass is 110 g/mol. The molecule has 1 fully saturated rings. The molecule has 2 heterocycles. The molecule has 0 aliphatic carbocycles. The van der Waals surface area contributed by atoms with Crippen molar-refractivity contribution in [3.8, 4) is 0 Å². The summed E-state index contributed by atoms with van der Waals surface area (Å²) < 4.78 is 2.51. The van der Waals surface area contributed by atoms with Gasteiger partial charge in [-0.25, -0.2) is 4.58 Å². The van der Waals surface area contributed by atoms with Crippen LogP contribution in [0.4, 0.5) is 0 Å². The summed E-state index contributed by atoms with van der Waals surface area (Å²) in [5.41, 5.74) is 0. The van der Waals surface area contributed by atoms with Crippen LogP contribution < -0.4 is 0 Å². The van der Waals surface area contributed by atoms with Gasteiger partial charge in [0.05, 0.1) is 0 Å². The lowest BCUT2D eigenvalue weighted by molar-refractivity contribution is -0.531. The Hall–Kier alpha value is -0.330. The second-order valence-corrected chi connectivity index (χ2v) is 2.79. The molecule has 1 saturated heterocycles. The second-order valence-electron chi connectivity index (χ2n) is 2.79. The first kappa shape index (κ1) is 4.54. The summed E-state index contributed by atoms with van der Waals surface area (Å²) in [6.07, 6.45) is 8.03. The zero-order valence-electron chi connectivity index (χ0n) is 5.14. The Balaban J connectivity index is 2.20. The average Bonchev–Trinajstić information content (AvgIpc) is 2.15. The third-order valence-corrected chi connectivity index (χ3v) is 2.29. The second kappa shape index (κ2) is 1.57. The van der Waals surface area contributed by atoms with Gasteiger partial charge in [-0.2, -0.15) is 0 Å². The van der Waals surface area contributed by atoms with E-state index in [0.717, 1.165) is 6.04 Å². The number of hydrogen-bond acceptors (Lipinski definition) is 0. The molecule has 0 spiro atoms. The lowest BCUT2D eigenvalue weighted by Crippen LogP contribution is -2.12. The minimum Gasteiger partial charge on any atom is -0.237 e. The van der Waals surface area contributed by atoms with Crippen molar-refractivity contribution in [3.05, 3.63) is 0 Å². The first-order valence-electron chi connectivity index (χ1n) is 3.56. The van der Waals surface area contributed by atoms with E-state index in [1.54, 1.807) is 0 Å². The van der Waals surface area contributed by atoms with Crippen molar-refractivity contribution in [2.75, 3.05) is 6.54 Å². The first-order valence-corrected chi connectivity index (χ1v) is 3.56. The molecule has 0 bridgehead atoms. The standard InChI is InChI=1S/C7H12N/c1-3-7-4-2-6-8(7)5-1/h5,7H,1-4,6H2/q+1. The van der Waals surface area contributed by atoms with Crippen LogP contribution in [0, 0.1) is 0 Å². The van der Waals surface area contributed by atoms with Gasteiger partial charge in [0.2, 0.25) is 0 Å². The summed E-state index contributed by atoms with van der Waals surface area (Å²) in [5, 5.41) is 0. The fraction of sp³-hybridized carbons (Fsp3) is 0.857. The van der Waals surface area contributed by atoms with Crippen LogP contribution in [-0.4, -0.2) is 23.4 Å². The third kappa shape index (κ3) is 0.504. The molecule has 0 aromatic carbocycles. The fourth-order valence-corrected chi connectivity index (χ4v) is 1.84. The fourth-order valence-electron chi connectivity index (χ4n) is 1.84. The maximum absolute atomic E-state index is 2.51. The molecule has 0 saturated carbocycles. The molecule has 8 heavy (non-hydrogen) atoms. The topological polar surface area (TPSA) is 3.01 Å². The number of hydrogen-bond donors (Lipinski definition) is 0. The Kier molecular flexibility index (Phi) is 0.893. The van der Waals surface area contributed by atoms with Crippen molar-refractivity contribution in [1.29, 1.82) is 0 Å². The summed E-state index contributed by atoms with van der Waals surface area (Å²) in [4.78, 5) is 0. The van der Waals surface area contributed by atoms with Crippen LogP contribution in [0.3, 0.4) is 0 Å². The van der Waals surface area contributed by atoms with Crippen LogP contribution in [0.25, 0.3) is 0 Å². The molecule has 1 atom stereocenters. The van der Waals surface area contributed by atoms with Gasteiger partial charge >= 0.3 is 0 Å². The summed E-state index contributed by atoms with van der Waals surface area (Å²) in [6.45, 7) is 1.34. The van der Waals surface area contributed by atoms with Crippen LogP contribution >= 0.6 is 0 Å². The molecule has 2 aliphatic rings. The van der Waals surface area contributed by atoms with Gasteiger partial charge in [0.25, 0.3) is 0 Å². The highest BCUT2D eigenvalue weighted by Crippen LogP contribution is 2.20. The summed E-state index contributed by atoms with van der Waals surface area (Å²) in [5.74, 6) is 0. The molecule has 0 radical (unpaired) electrons. The molecule has 0 N–H and O–H groups in total. The summed E-state index contributed by atoms with van der Waals surface area (Å²) in [7, 11) is 0. The van der Waals surface area contributed by atoms with E-state index in [2.05, 4.69) is 10.8 Å².